The van der Waals surface area contributed by atoms with Gasteiger partial charge < -0.3 is 4.74 Å². The number of rotatable bonds is 4. The largest absolute Gasteiger partial charge is 0.365 e. The van der Waals surface area contributed by atoms with Gasteiger partial charge >= 0.3 is 0 Å². The summed E-state index contributed by atoms with van der Waals surface area (Å²) in [6.07, 6.45) is 5.42. The topological polar surface area (TPSA) is 9.23 Å². The molecule has 0 spiro atoms. The molecule has 1 unspecified atom stereocenters. The van der Waals surface area contributed by atoms with Gasteiger partial charge in [0.1, 0.15) is 5.60 Å². The van der Waals surface area contributed by atoms with Gasteiger partial charge in [0.2, 0.25) is 0 Å². The Labute approximate surface area is 96.2 Å². The van der Waals surface area contributed by atoms with Crippen LogP contribution < -0.4 is 0 Å². The molecule has 1 nitrogen and oxygen atoms in total. The SMILES string of the molecule is C#CC(C)(CSc1ccc(C)cc1)OC. The molecule has 1 atom stereocenters. The summed E-state index contributed by atoms with van der Waals surface area (Å²) in [7, 11) is 1.65. The molecule has 80 valence electrons. The molecule has 0 saturated carbocycles. The maximum absolute atomic E-state index is 5.42. The number of benzene rings is 1. The maximum Gasteiger partial charge on any atom is 0.134 e. The number of hydrogen-bond donors (Lipinski definition) is 0. The third-order valence-corrected chi connectivity index (χ3v) is 3.59. The van der Waals surface area contributed by atoms with E-state index >= 15 is 0 Å². The Hall–Kier alpha value is -0.910. The Morgan fingerprint density at radius 3 is 2.47 bits per heavy atom. The van der Waals surface area contributed by atoms with E-state index in [0.29, 0.717) is 0 Å². The van der Waals surface area contributed by atoms with Gasteiger partial charge in [0.15, 0.2) is 0 Å². The van der Waals surface area contributed by atoms with Crippen molar-refractivity contribution in [2.75, 3.05) is 12.9 Å². The Morgan fingerprint density at radius 1 is 1.40 bits per heavy atom. The van der Waals surface area contributed by atoms with E-state index in [1.807, 2.05) is 6.92 Å². The van der Waals surface area contributed by atoms with Crippen molar-refractivity contribution < 1.29 is 4.74 Å². The van der Waals surface area contributed by atoms with Gasteiger partial charge in [0.05, 0.1) is 0 Å². The highest BCUT2D eigenvalue weighted by Crippen LogP contribution is 2.24. The molecule has 0 N–H and O–H groups in total. The van der Waals surface area contributed by atoms with E-state index in [-0.39, 0.29) is 0 Å². The molecule has 0 amide bonds. The molecule has 0 aliphatic heterocycles. The van der Waals surface area contributed by atoms with Gasteiger partial charge in [-0.2, -0.15) is 0 Å². The lowest BCUT2D eigenvalue weighted by Gasteiger charge is -2.20. The Bertz CT molecular complexity index is 350. The van der Waals surface area contributed by atoms with Gasteiger partial charge in [0, 0.05) is 17.8 Å². The van der Waals surface area contributed by atoms with Crippen LogP contribution in [0.15, 0.2) is 29.2 Å². The molecule has 0 aliphatic rings. The van der Waals surface area contributed by atoms with Gasteiger partial charge in [-0.3, -0.25) is 0 Å². The highest BCUT2D eigenvalue weighted by Gasteiger charge is 2.19. The fourth-order valence-electron chi connectivity index (χ4n) is 1.02. The first-order valence-electron chi connectivity index (χ1n) is 4.82. The summed E-state index contributed by atoms with van der Waals surface area (Å²) in [5.74, 6) is 3.43. The maximum atomic E-state index is 5.42. The van der Waals surface area contributed by atoms with Crippen LogP contribution in [-0.4, -0.2) is 18.5 Å². The van der Waals surface area contributed by atoms with Gasteiger partial charge in [-0.05, 0) is 26.0 Å². The third-order valence-electron chi connectivity index (χ3n) is 2.29. The van der Waals surface area contributed by atoms with Crippen LogP contribution in [0, 0.1) is 19.3 Å². The molecule has 0 saturated heterocycles. The number of aryl methyl sites for hydroxylation is 1. The quantitative estimate of drug-likeness (QED) is 0.569. The highest BCUT2D eigenvalue weighted by molar-refractivity contribution is 7.99. The van der Waals surface area contributed by atoms with E-state index in [9.17, 15) is 0 Å². The normalized spacial score (nSPS) is 14.3. The van der Waals surface area contributed by atoms with E-state index in [2.05, 4.69) is 37.1 Å². The summed E-state index contributed by atoms with van der Waals surface area (Å²) in [4.78, 5) is 1.22. The minimum Gasteiger partial charge on any atom is -0.365 e. The molecule has 15 heavy (non-hydrogen) atoms. The van der Waals surface area contributed by atoms with E-state index in [1.165, 1.54) is 10.5 Å². The molecule has 0 aliphatic carbocycles. The first kappa shape index (κ1) is 12.2. The smallest absolute Gasteiger partial charge is 0.134 e. The molecule has 0 aromatic heterocycles. The first-order chi connectivity index (χ1) is 7.09. The summed E-state index contributed by atoms with van der Waals surface area (Å²) >= 11 is 1.72. The Morgan fingerprint density at radius 2 is 2.00 bits per heavy atom. The lowest BCUT2D eigenvalue weighted by molar-refractivity contribution is 0.0784. The summed E-state index contributed by atoms with van der Waals surface area (Å²) in [6.45, 7) is 4.00. The lowest BCUT2D eigenvalue weighted by Crippen LogP contribution is -2.27. The summed E-state index contributed by atoms with van der Waals surface area (Å²) in [5, 5.41) is 0. The number of terminal acetylenes is 1. The molecule has 1 aromatic rings. The molecular weight excluding hydrogens is 204 g/mol. The molecule has 1 aromatic carbocycles. The van der Waals surface area contributed by atoms with Crippen LogP contribution in [0.2, 0.25) is 0 Å². The van der Waals surface area contributed by atoms with E-state index in [4.69, 9.17) is 11.2 Å². The van der Waals surface area contributed by atoms with Crippen LogP contribution in [0.5, 0.6) is 0 Å². The zero-order valence-electron chi connectivity index (χ0n) is 9.41. The van der Waals surface area contributed by atoms with Crippen LogP contribution in [-0.2, 0) is 4.74 Å². The Kier molecular flexibility index (Phi) is 4.26. The average molecular weight is 220 g/mol. The van der Waals surface area contributed by atoms with Crippen molar-refractivity contribution in [3.63, 3.8) is 0 Å². The first-order valence-corrected chi connectivity index (χ1v) is 5.80. The number of ether oxygens (including phenoxy) is 1. The van der Waals surface area contributed by atoms with Gasteiger partial charge in [-0.25, -0.2) is 0 Å². The van der Waals surface area contributed by atoms with Crippen molar-refractivity contribution >= 4 is 11.8 Å². The van der Waals surface area contributed by atoms with Crippen molar-refractivity contribution in [1.29, 1.82) is 0 Å². The minimum atomic E-state index is -0.477. The monoisotopic (exact) mass is 220 g/mol. The summed E-state index contributed by atoms with van der Waals surface area (Å²) < 4.78 is 5.28. The average Bonchev–Trinajstić information content (AvgIpc) is 2.28. The molecule has 2 heteroatoms. The second-order valence-electron chi connectivity index (χ2n) is 3.68. The van der Waals surface area contributed by atoms with Crippen molar-refractivity contribution in [3.05, 3.63) is 29.8 Å². The van der Waals surface area contributed by atoms with Crippen molar-refractivity contribution in [2.45, 2.75) is 24.3 Å². The van der Waals surface area contributed by atoms with Gasteiger partial charge in [0.25, 0.3) is 0 Å². The predicted octanol–water partition coefficient (Wildman–Crippen LogP) is 3.13. The Balaban J connectivity index is 2.58. The number of methoxy groups -OCH3 is 1. The zero-order chi connectivity index (χ0) is 11.3. The number of thioether (sulfide) groups is 1. The van der Waals surface area contributed by atoms with Crippen molar-refractivity contribution in [2.24, 2.45) is 0 Å². The summed E-state index contributed by atoms with van der Waals surface area (Å²) in [5.41, 5.74) is 0.793. The fraction of sp³-hybridized carbons (Fsp3) is 0.385. The van der Waals surface area contributed by atoms with Crippen LogP contribution in [0.3, 0.4) is 0 Å². The molecule has 0 bridgehead atoms. The molecule has 0 heterocycles. The molecule has 0 radical (unpaired) electrons. The van der Waals surface area contributed by atoms with E-state index < -0.39 is 5.60 Å². The van der Waals surface area contributed by atoms with Crippen LogP contribution in [0.1, 0.15) is 12.5 Å². The standard InChI is InChI=1S/C13H16OS/c1-5-13(3,14-4)10-15-12-8-6-11(2)7-9-12/h1,6-9H,10H2,2-4H3. The lowest BCUT2D eigenvalue weighted by atomic mass is 10.1. The number of hydrogen-bond acceptors (Lipinski definition) is 2. The van der Waals surface area contributed by atoms with Gasteiger partial charge in [-0.1, -0.05) is 23.6 Å². The second kappa shape index (κ2) is 5.25. The van der Waals surface area contributed by atoms with Crippen molar-refractivity contribution in [1.82, 2.24) is 0 Å². The predicted molar refractivity (Wildman–Crippen MR) is 66.2 cm³/mol. The van der Waals surface area contributed by atoms with Crippen LogP contribution in [0.25, 0.3) is 0 Å². The van der Waals surface area contributed by atoms with Gasteiger partial charge in [-0.15, -0.1) is 18.2 Å². The van der Waals surface area contributed by atoms with Crippen molar-refractivity contribution in [3.8, 4) is 12.3 Å². The van der Waals surface area contributed by atoms with Crippen LogP contribution in [0.4, 0.5) is 0 Å². The minimum absolute atomic E-state index is 0.477. The van der Waals surface area contributed by atoms with Crippen LogP contribution >= 0.6 is 11.8 Å². The highest BCUT2D eigenvalue weighted by atomic mass is 32.2. The zero-order valence-corrected chi connectivity index (χ0v) is 10.2. The van der Waals surface area contributed by atoms with E-state index in [0.717, 1.165) is 5.75 Å². The fourth-order valence-corrected chi connectivity index (χ4v) is 1.99. The third kappa shape index (κ3) is 3.62. The molecule has 1 rings (SSSR count). The summed E-state index contributed by atoms with van der Waals surface area (Å²) in [6, 6.07) is 8.41. The van der Waals surface area contributed by atoms with E-state index in [1.54, 1.807) is 18.9 Å². The second-order valence-corrected chi connectivity index (χ2v) is 4.73. The molecular formula is C13H16OS. The molecule has 0 fully saturated rings.